The van der Waals surface area contributed by atoms with Crippen molar-refractivity contribution in [2.24, 2.45) is 0 Å². The number of hydrogen-bond donors (Lipinski definition) is 0. The van der Waals surface area contributed by atoms with Gasteiger partial charge in [0.15, 0.2) is 5.82 Å². The zero-order chi connectivity index (χ0) is 12.7. The van der Waals surface area contributed by atoms with Crippen molar-refractivity contribution in [2.45, 2.75) is 20.8 Å². The minimum atomic E-state index is 0.877. The van der Waals surface area contributed by atoms with Crippen LogP contribution in [-0.4, -0.2) is 14.8 Å². The number of pyridine rings is 1. The summed E-state index contributed by atoms with van der Waals surface area (Å²) in [6, 6.07) is 10.3. The van der Waals surface area contributed by atoms with Crippen LogP contribution in [-0.2, 0) is 0 Å². The molecule has 2 heterocycles. The van der Waals surface area contributed by atoms with Gasteiger partial charge in [-0.1, -0.05) is 18.2 Å². The van der Waals surface area contributed by atoms with Gasteiger partial charge in [-0.15, -0.1) is 0 Å². The highest BCUT2D eigenvalue weighted by Gasteiger charge is 2.06. The van der Waals surface area contributed by atoms with Crippen LogP contribution in [0.2, 0.25) is 0 Å². The summed E-state index contributed by atoms with van der Waals surface area (Å²) in [5.41, 5.74) is 4.46. The molecule has 3 nitrogen and oxygen atoms in total. The second kappa shape index (κ2) is 3.95. The third kappa shape index (κ3) is 1.68. The highest BCUT2D eigenvalue weighted by Crippen LogP contribution is 2.19. The average Bonchev–Trinajstić information content (AvgIpc) is 2.70. The first-order chi connectivity index (χ1) is 8.65. The van der Waals surface area contributed by atoms with E-state index in [0.29, 0.717) is 0 Å². The summed E-state index contributed by atoms with van der Waals surface area (Å²) in [5, 5.41) is 5.68. The fourth-order valence-electron chi connectivity index (χ4n) is 2.11. The average molecular weight is 237 g/mol. The predicted molar refractivity (Wildman–Crippen MR) is 73.1 cm³/mol. The van der Waals surface area contributed by atoms with Crippen molar-refractivity contribution in [3.8, 4) is 5.82 Å². The van der Waals surface area contributed by atoms with Crippen molar-refractivity contribution in [3.05, 3.63) is 53.3 Å². The molecule has 0 fully saturated rings. The third-order valence-electron chi connectivity index (χ3n) is 3.29. The summed E-state index contributed by atoms with van der Waals surface area (Å²) < 4.78 is 1.85. The number of para-hydroxylation sites is 1. The first kappa shape index (κ1) is 11.0. The number of aryl methyl sites for hydroxylation is 3. The molecule has 1 aromatic carbocycles. The van der Waals surface area contributed by atoms with Crippen LogP contribution in [0.3, 0.4) is 0 Å². The van der Waals surface area contributed by atoms with E-state index in [0.717, 1.165) is 17.0 Å². The van der Waals surface area contributed by atoms with Crippen molar-refractivity contribution in [1.82, 2.24) is 14.8 Å². The summed E-state index contributed by atoms with van der Waals surface area (Å²) in [6.45, 7) is 6.18. The van der Waals surface area contributed by atoms with E-state index in [9.17, 15) is 0 Å². The number of rotatable bonds is 1. The molecule has 0 aliphatic heterocycles. The summed E-state index contributed by atoms with van der Waals surface area (Å²) in [5.74, 6) is 0.877. The van der Waals surface area contributed by atoms with Gasteiger partial charge in [0, 0.05) is 11.6 Å². The molecule has 0 aliphatic rings. The largest absolute Gasteiger partial charge is 0.229 e. The molecule has 0 aliphatic carbocycles. The van der Waals surface area contributed by atoms with E-state index < -0.39 is 0 Å². The highest BCUT2D eigenvalue weighted by molar-refractivity contribution is 5.82. The van der Waals surface area contributed by atoms with Gasteiger partial charge in [0.2, 0.25) is 0 Å². The standard InChI is InChI=1S/C15H15N3/c1-10-8-15(18-9-11(2)12(3)17-18)16-14-7-5-4-6-13(10)14/h4-9H,1-3H3. The van der Waals surface area contributed by atoms with E-state index in [1.54, 1.807) is 0 Å². The smallest absolute Gasteiger partial charge is 0.154 e. The number of nitrogens with zero attached hydrogens (tertiary/aromatic N) is 3. The zero-order valence-electron chi connectivity index (χ0n) is 10.8. The minimum Gasteiger partial charge on any atom is -0.229 e. The Morgan fingerprint density at radius 1 is 1.00 bits per heavy atom. The molecule has 0 saturated heterocycles. The lowest BCUT2D eigenvalue weighted by molar-refractivity contribution is 0.836. The molecule has 0 radical (unpaired) electrons. The molecule has 90 valence electrons. The van der Waals surface area contributed by atoms with E-state index in [1.807, 2.05) is 36.0 Å². The molecule has 0 saturated carbocycles. The topological polar surface area (TPSA) is 30.7 Å². The minimum absolute atomic E-state index is 0.877. The van der Waals surface area contributed by atoms with Crippen LogP contribution in [0.15, 0.2) is 36.5 Å². The normalized spacial score (nSPS) is 11.1. The Morgan fingerprint density at radius 2 is 1.78 bits per heavy atom. The van der Waals surface area contributed by atoms with Crippen molar-refractivity contribution in [2.75, 3.05) is 0 Å². The van der Waals surface area contributed by atoms with Gasteiger partial charge < -0.3 is 0 Å². The SMILES string of the molecule is Cc1cn(-c2cc(C)c3ccccc3n2)nc1C. The van der Waals surface area contributed by atoms with Crippen LogP contribution in [0.4, 0.5) is 0 Å². The molecular weight excluding hydrogens is 222 g/mol. The van der Waals surface area contributed by atoms with E-state index in [4.69, 9.17) is 0 Å². The summed E-state index contributed by atoms with van der Waals surface area (Å²) in [7, 11) is 0. The second-order valence-corrected chi connectivity index (χ2v) is 4.66. The predicted octanol–water partition coefficient (Wildman–Crippen LogP) is 3.35. The quantitative estimate of drug-likeness (QED) is 0.650. The van der Waals surface area contributed by atoms with Gasteiger partial charge in [-0.3, -0.25) is 0 Å². The van der Waals surface area contributed by atoms with Gasteiger partial charge in [0.25, 0.3) is 0 Å². The molecule has 0 atom stereocenters. The molecule has 0 amide bonds. The third-order valence-corrected chi connectivity index (χ3v) is 3.29. The molecule has 3 heteroatoms. The Hall–Kier alpha value is -2.16. The number of aromatic nitrogens is 3. The Balaban J connectivity index is 2.24. The summed E-state index contributed by atoms with van der Waals surface area (Å²) in [4.78, 5) is 4.66. The van der Waals surface area contributed by atoms with Crippen LogP contribution in [0.1, 0.15) is 16.8 Å². The molecule has 0 N–H and O–H groups in total. The maximum absolute atomic E-state index is 4.66. The molecule has 2 aromatic heterocycles. The van der Waals surface area contributed by atoms with E-state index in [-0.39, 0.29) is 0 Å². The summed E-state index contributed by atoms with van der Waals surface area (Å²) in [6.07, 6.45) is 2.02. The van der Waals surface area contributed by atoms with Crippen molar-refractivity contribution in [3.63, 3.8) is 0 Å². The van der Waals surface area contributed by atoms with Gasteiger partial charge in [-0.05, 0) is 44.0 Å². The molecule has 0 bridgehead atoms. The Morgan fingerprint density at radius 3 is 2.50 bits per heavy atom. The molecule has 0 spiro atoms. The Kier molecular flexibility index (Phi) is 2.40. The van der Waals surface area contributed by atoms with Gasteiger partial charge in [0.1, 0.15) is 0 Å². The second-order valence-electron chi connectivity index (χ2n) is 4.66. The van der Waals surface area contributed by atoms with Crippen molar-refractivity contribution in [1.29, 1.82) is 0 Å². The van der Waals surface area contributed by atoms with E-state index in [2.05, 4.69) is 36.1 Å². The number of hydrogen-bond acceptors (Lipinski definition) is 2. The highest BCUT2D eigenvalue weighted by atomic mass is 15.3. The maximum Gasteiger partial charge on any atom is 0.154 e. The van der Waals surface area contributed by atoms with Gasteiger partial charge in [-0.2, -0.15) is 5.10 Å². The fourth-order valence-corrected chi connectivity index (χ4v) is 2.11. The zero-order valence-corrected chi connectivity index (χ0v) is 10.8. The first-order valence-electron chi connectivity index (χ1n) is 6.05. The van der Waals surface area contributed by atoms with Gasteiger partial charge in [-0.25, -0.2) is 9.67 Å². The monoisotopic (exact) mass is 237 g/mol. The molecule has 3 rings (SSSR count). The summed E-state index contributed by atoms with van der Waals surface area (Å²) >= 11 is 0. The lowest BCUT2D eigenvalue weighted by Gasteiger charge is -2.06. The number of fused-ring (bicyclic) bond motifs is 1. The van der Waals surface area contributed by atoms with Crippen molar-refractivity contribution < 1.29 is 0 Å². The fraction of sp³-hybridized carbons (Fsp3) is 0.200. The van der Waals surface area contributed by atoms with E-state index in [1.165, 1.54) is 16.5 Å². The molecule has 0 unspecified atom stereocenters. The lowest BCUT2D eigenvalue weighted by Crippen LogP contribution is -1.99. The van der Waals surface area contributed by atoms with Crippen LogP contribution in [0.25, 0.3) is 16.7 Å². The van der Waals surface area contributed by atoms with Gasteiger partial charge >= 0.3 is 0 Å². The van der Waals surface area contributed by atoms with Crippen LogP contribution in [0.5, 0.6) is 0 Å². The molecule has 18 heavy (non-hydrogen) atoms. The lowest BCUT2D eigenvalue weighted by atomic mass is 10.1. The first-order valence-corrected chi connectivity index (χ1v) is 6.05. The van der Waals surface area contributed by atoms with Gasteiger partial charge in [0.05, 0.1) is 11.2 Å². The van der Waals surface area contributed by atoms with Crippen molar-refractivity contribution >= 4 is 10.9 Å². The maximum atomic E-state index is 4.66. The van der Waals surface area contributed by atoms with E-state index >= 15 is 0 Å². The Bertz CT molecular complexity index is 706. The number of benzene rings is 1. The van der Waals surface area contributed by atoms with Crippen LogP contribution < -0.4 is 0 Å². The van der Waals surface area contributed by atoms with Crippen LogP contribution in [0, 0.1) is 20.8 Å². The Labute approximate surface area is 106 Å². The van der Waals surface area contributed by atoms with Crippen LogP contribution >= 0.6 is 0 Å². The molecule has 3 aromatic rings. The molecular formula is C15H15N3.